The first-order valence-corrected chi connectivity index (χ1v) is 4.31. The average Bonchev–Trinajstić information content (AvgIpc) is 1.93. The number of hydrogen-bond acceptors (Lipinski definition) is 2. The van der Waals surface area contributed by atoms with Crippen LogP contribution in [0.4, 0.5) is 0 Å². The summed E-state index contributed by atoms with van der Waals surface area (Å²) in [5, 5.41) is 0. The molecule has 0 saturated heterocycles. The van der Waals surface area contributed by atoms with Crippen molar-refractivity contribution in [3.63, 3.8) is 0 Å². The van der Waals surface area contributed by atoms with E-state index in [0.717, 1.165) is 25.7 Å². The molecule has 1 radical (unpaired) electrons. The molecule has 11 heavy (non-hydrogen) atoms. The van der Waals surface area contributed by atoms with Crippen LogP contribution >= 0.6 is 0 Å². The van der Waals surface area contributed by atoms with Crippen molar-refractivity contribution in [1.82, 2.24) is 0 Å². The maximum atomic E-state index is 11.0. The van der Waals surface area contributed by atoms with E-state index < -0.39 is 0 Å². The summed E-state index contributed by atoms with van der Waals surface area (Å²) in [7, 11) is 0. The third-order valence-electron chi connectivity index (χ3n) is 1.98. The summed E-state index contributed by atoms with van der Waals surface area (Å²) in [6.45, 7) is 3.66. The maximum Gasteiger partial charge on any atom is 0.306 e. The van der Waals surface area contributed by atoms with Crippen LogP contribution < -0.4 is 0 Å². The monoisotopic (exact) mass is 155 g/mol. The van der Waals surface area contributed by atoms with Crippen LogP contribution in [0.2, 0.25) is 0 Å². The van der Waals surface area contributed by atoms with Crippen molar-refractivity contribution in [1.29, 1.82) is 0 Å². The third-order valence-corrected chi connectivity index (χ3v) is 1.98. The van der Waals surface area contributed by atoms with Crippen LogP contribution in [0.15, 0.2) is 0 Å². The van der Waals surface area contributed by atoms with Gasteiger partial charge >= 0.3 is 5.97 Å². The molecule has 0 aromatic heterocycles. The Balaban J connectivity index is 2.00. The van der Waals surface area contributed by atoms with Gasteiger partial charge in [-0.05, 0) is 25.7 Å². The van der Waals surface area contributed by atoms with Gasteiger partial charge in [-0.2, -0.15) is 0 Å². The molecule has 0 aromatic carbocycles. The predicted octanol–water partition coefficient (Wildman–Crippen LogP) is 2.09. The largest absolute Gasteiger partial charge is 0.462 e. The fourth-order valence-electron chi connectivity index (χ4n) is 1.00. The number of hydrogen-bond donors (Lipinski definition) is 0. The van der Waals surface area contributed by atoms with E-state index in [2.05, 4.69) is 6.92 Å². The van der Waals surface area contributed by atoms with Crippen LogP contribution in [-0.2, 0) is 9.53 Å². The van der Waals surface area contributed by atoms with Crippen molar-refractivity contribution in [2.24, 2.45) is 0 Å². The lowest BCUT2D eigenvalue weighted by Crippen LogP contribution is -2.24. The van der Waals surface area contributed by atoms with E-state index in [4.69, 9.17) is 4.74 Å². The molecule has 0 spiro atoms. The molecular formula is C9H15O2. The minimum absolute atomic E-state index is 0.0432. The van der Waals surface area contributed by atoms with Crippen LogP contribution in [-0.4, -0.2) is 12.1 Å². The highest BCUT2D eigenvalue weighted by atomic mass is 16.5. The summed E-state index contributed by atoms with van der Waals surface area (Å²) in [5.74, 6) is -0.0432. The molecule has 63 valence electrons. The molecule has 0 bridgehead atoms. The molecule has 0 aromatic rings. The molecule has 0 N–H and O–H groups in total. The molecule has 2 heteroatoms. The summed E-state index contributed by atoms with van der Waals surface area (Å²) in [4.78, 5) is 11.0. The maximum absolute atomic E-state index is 11.0. The number of rotatable bonds is 4. The third kappa shape index (κ3) is 2.91. The lowest BCUT2D eigenvalue weighted by atomic mass is 9.96. The Labute approximate surface area is 67.9 Å². The molecule has 0 heterocycles. The van der Waals surface area contributed by atoms with Gasteiger partial charge in [-0.1, -0.05) is 13.3 Å². The predicted molar refractivity (Wildman–Crippen MR) is 42.9 cm³/mol. The Bertz CT molecular complexity index is 128. The summed E-state index contributed by atoms with van der Waals surface area (Å²) in [6.07, 6.45) is 5.80. The molecule has 1 rings (SSSR count). The van der Waals surface area contributed by atoms with Crippen molar-refractivity contribution in [2.45, 2.75) is 44.6 Å². The van der Waals surface area contributed by atoms with Crippen molar-refractivity contribution in [3.8, 4) is 0 Å². The lowest BCUT2D eigenvalue weighted by Gasteiger charge is -2.25. The van der Waals surface area contributed by atoms with Crippen LogP contribution in [0, 0.1) is 6.92 Å². The number of carbonyl (C=O) groups excluding carboxylic acids is 1. The number of ether oxygens (including phenoxy) is 1. The highest BCUT2D eigenvalue weighted by Gasteiger charge is 2.20. The second kappa shape index (κ2) is 4.37. The van der Waals surface area contributed by atoms with Gasteiger partial charge in [-0.15, -0.1) is 0 Å². The first-order valence-electron chi connectivity index (χ1n) is 4.31. The van der Waals surface area contributed by atoms with Crippen LogP contribution in [0.1, 0.15) is 38.5 Å². The zero-order valence-electron chi connectivity index (χ0n) is 6.84. The second-order valence-electron chi connectivity index (χ2n) is 3.00. The quantitative estimate of drug-likeness (QED) is 0.581. The van der Waals surface area contributed by atoms with Crippen molar-refractivity contribution in [2.75, 3.05) is 0 Å². The van der Waals surface area contributed by atoms with Crippen LogP contribution in [0.5, 0.6) is 0 Å². The zero-order valence-corrected chi connectivity index (χ0v) is 6.84. The molecule has 1 fully saturated rings. The van der Waals surface area contributed by atoms with E-state index in [-0.39, 0.29) is 12.1 Å². The van der Waals surface area contributed by atoms with E-state index >= 15 is 0 Å². The minimum Gasteiger partial charge on any atom is -0.462 e. The second-order valence-corrected chi connectivity index (χ2v) is 3.00. The van der Waals surface area contributed by atoms with Gasteiger partial charge in [0, 0.05) is 6.42 Å². The van der Waals surface area contributed by atoms with Crippen LogP contribution in [0.25, 0.3) is 0 Å². The van der Waals surface area contributed by atoms with E-state index in [0.29, 0.717) is 6.42 Å². The van der Waals surface area contributed by atoms with Crippen molar-refractivity contribution in [3.05, 3.63) is 6.92 Å². The highest BCUT2D eigenvalue weighted by molar-refractivity contribution is 5.69. The van der Waals surface area contributed by atoms with Gasteiger partial charge in [0.15, 0.2) is 0 Å². The van der Waals surface area contributed by atoms with E-state index in [1.165, 1.54) is 6.42 Å². The fourth-order valence-corrected chi connectivity index (χ4v) is 1.00. The van der Waals surface area contributed by atoms with Gasteiger partial charge in [-0.25, -0.2) is 0 Å². The summed E-state index contributed by atoms with van der Waals surface area (Å²) >= 11 is 0. The van der Waals surface area contributed by atoms with Gasteiger partial charge in [0.05, 0.1) is 0 Å². The normalized spacial score (nSPS) is 17.5. The zero-order chi connectivity index (χ0) is 8.10. The Morgan fingerprint density at radius 1 is 1.55 bits per heavy atom. The topological polar surface area (TPSA) is 26.3 Å². The van der Waals surface area contributed by atoms with Crippen molar-refractivity contribution < 1.29 is 9.53 Å². The van der Waals surface area contributed by atoms with Gasteiger partial charge in [-0.3, -0.25) is 4.79 Å². The van der Waals surface area contributed by atoms with Gasteiger partial charge in [0.2, 0.25) is 0 Å². The lowest BCUT2D eigenvalue weighted by molar-refractivity contribution is -0.153. The molecule has 2 nitrogen and oxygen atoms in total. The fraction of sp³-hybridized carbons (Fsp3) is 0.778. The van der Waals surface area contributed by atoms with E-state index in [1.807, 2.05) is 0 Å². The van der Waals surface area contributed by atoms with Crippen LogP contribution in [0.3, 0.4) is 0 Å². The average molecular weight is 155 g/mol. The Morgan fingerprint density at radius 3 is 2.73 bits per heavy atom. The molecule has 0 aliphatic heterocycles. The van der Waals surface area contributed by atoms with Gasteiger partial charge in [0.1, 0.15) is 6.10 Å². The summed E-state index contributed by atoms with van der Waals surface area (Å²) < 4.78 is 5.12. The highest BCUT2D eigenvalue weighted by Crippen LogP contribution is 2.22. The number of unbranched alkanes of at least 4 members (excludes halogenated alkanes) is 1. The molecule has 1 aliphatic carbocycles. The molecule has 0 amide bonds. The first-order chi connectivity index (χ1) is 5.33. The first kappa shape index (κ1) is 8.57. The number of esters is 1. The molecule has 1 saturated carbocycles. The van der Waals surface area contributed by atoms with E-state index in [9.17, 15) is 4.79 Å². The summed E-state index contributed by atoms with van der Waals surface area (Å²) in [5.41, 5.74) is 0. The van der Waals surface area contributed by atoms with Gasteiger partial charge in [0.25, 0.3) is 0 Å². The SMILES string of the molecule is [CH2]CCCC(=O)OC1CCC1. The Hall–Kier alpha value is -0.530. The number of carbonyl (C=O) groups is 1. The minimum atomic E-state index is -0.0432. The van der Waals surface area contributed by atoms with E-state index in [1.54, 1.807) is 0 Å². The molecular weight excluding hydrogens is 140 g/mol. The Kier molecular flexibility index (Phi) is 3.40. The molecule has 0 atom stereocenters. The Morgan fingerprint density at radius 2 is 2.27 bits per heavy atom. The summed E-state index contributed by atoms with van der Waals surface area (Å²) in [6, 6.07) is 0. The van der Waals surface area contributed by atoms with Gasteiger partial charge < -0.3 is 4.74 Å². The molecule has 1 aliphatic rings. The smallest absolute Gasteiger partial charge is 0.306 e. The standard InChI is InChI=1S/C9H15O2/c1-2-3-7-9(10)11-8-5-4-6-8/h8H,1-7H2. The van der Waals surface area contributed by atoms with Crippen molar-refractivity contribution >= 4 is 5.97 Å². The molecule has 0 unspecified atom stereocenters.